The van der Waals surface area contributed by atoms with Crippen molar-refractivity contribution in [3.63, 3.8) is 0 Å². The van der Waals surface area contributed by atoms with Gasteiger partial charge in [0.15, 0.2) is 0 Å². The summed E-state index contributed by atoms with van der Waals surface area (Å²) >= 11 is 0. The normalized spacial score (nSPS) is 19.3. The molecule has 0 saturated heterocycles. The fourth-order valence-electron chi connectivity index (χ4n) is 4.29. The molecule has 0 aliphatic carbocycles. The van der Waals surface area contributed by atoms with Gasteiger partial charge in [0.25, 0.3) is 5.91 Å². The minimum Gasteiger partial charge on any atom is -0.290 e. The Bertz CT molecular complexity index is 1050. The van der Waals surface area contributed by atoms with Crippen molar-refractivity contribution in [3.05, 3.63) is 125 Å². The van der Waals surface area contributed by atoms with Crippen LogP contribution in [0.15, 0.2) is 109 Å². The van der Waals surface area contributed by atoms with Crippen LogP contribution < -0.4 is 4.90 Å². The summed E-state index contributed by atoms with van der Waals surface area (Å²) in [4.78, 5) is 15.6. The molecule has 0 saturated carbocycles. The molecule has 1 amide bonds. The van der Waals surface area contributed by atoms with Crippen molar-refractivity contribution in [2.24, 2.45) is 0 Å². The van der Waals surface area contributed by atoms with Crippen LogP contribution in [-0.2, 0) is 5.54 Å². The lowest BCUT2D eigenvalue weighted by Crippen LogP contribution is -2.46. The first-order valence-corrected chi connectivity index (χ1v) is 9.59. The first-order chi connectivity index (χ1) is 13.7. The van der Waals surface area contributed by atoms with E-state index in [2.05, 4.69) is 30.4 Å². The number of carbonyl (C=O) groups excluding carboxylic acids is 1. The molecule has 1 unspecified atom stereocenters. The molecule has 2 nitrogen and oxygen atoms in total. The number of benzene rings is 3. The quantitative estimate of drug-likeness (QED) is 0.511. The van der Waals surface area contributed by atoms with Crippen LogP contribution in [0.4, 0.5) is 5.69 Å². The second-order valence-corrected chi connectivity index (χ2v) is 6.84. The van der Waals surface area contributed by atoms with Gasteiger partial charge in [0.1, 0.15) is 5.54 Å². The first-order valence-electron chi connectivity index (χ1n) is 9.59. The van der Waals surface area contributed by atoms with Gasteiger partial charge < -0.3 is 0 Å². The molecule has 2 heteroatoms. The minimum atomic E-state index is -0.711. The van der Waals surface area contributed by atoms with Crippen LogP contribution in [0, 0.1) is 0 Å². The molecule has 1 aliphatic heterocycles. The average molecular weight is 365 g/mol. The summed E-state index contributed by atoms with van der Waals surface area (Å²) in [5.41, 5.74) is 4.08. The Morgan fingerprint density at radius 3 is 2.07 bits per heavy atom. The number of allylic oxidation sites excluding steroid dienone is 2. The highest BCUT2D eigenvalue weighted by atomic mass is 16.2. The number of carbonyl (C=O) groups is 1. The van der Waals surface area contributed by atoms with E-state index >= 15 is 0 Å². The van der Waals surface area contributed by atoms with Crippen LogP contribution in [0.3, 0.4) is 0 Å². The number of para-hydroxylation sites is 1. The van der Waals surface area contributed by atoms with Gasteiger partial charge in [0.05, 0.1) is 0 Å². The fraction of sp³-hybridized carbons (Fsp3) is 0.115. The molecule has 0 fully saturated rings. The van der Waals surface area contributed by atoms with E-state index in [0.29, 0.717) is 0 Å². The Balaban J connectivity index is 2.15. The zero-order valence-corrected chi connectivity index (χ0v) is 16.2. The van der Waals surface area contributed by atoms with Crippen molar-refractivity contribution in [1.29, 1.82) is 0 Å². The highest BCUT2D eigenvalue weighted by molar-refractivity contribution is 6.13. The van der Waals surface area contributed by atoms with Gasteiger partial charge in [0, 0.05) is 11.3 Å². The summed E-state index contributed by atoms with van der Waals surface area (Å²) in [6, 6.07) is 28.2. The highest BCUT2D eigenvalue weighted by Gasteiger charge is 2.52. The van der Waals surface area contributed by atoms with Crippen molar-refractivity contribution < 1.29 is 4.79 Å². The number of rotatable bonds is 4. The van der Waals surface area contributed by atoms with Gasteiger partial charge >= 0.3 is 0 Å². The number of anilines is 1. The maximum atomic E-state index is 13.7. The van der Waals surface area contributed by atoms with E-state index in [1.807, 2.05) is 91.6 Å². The summed E-state index contributed by atoms with van der Waals surface area (Å²) in [6.45, 7) is 4.05. The van der Waals surface area contributed by atoms with Crippen molar-refractivity contribution in [2.45, 2.75) is 19.4 Å². The number of nitrogens with zero attached hydrogens (tertiary/aromatic N) is 1. The predicted molar refractivity (Wildman–Crippen MR) is 115 cm³/mol. The SMILES string of the molecule is C/C=C\C(=C/C)C1(c2ccccc2)c2ccccc2C(=O)N1c1ccccc1. The van der Waals surface area contributed by atoms with Crippen molar-refractivity contribution in [2.75, 3.05) is 4.90 Å². The Morgan fingerprint density at radius 2 is 1.43 bits per heavy atom. The fourth-order valence-corrected chi connectivity index (χ4v) is 4.29. The number of fused-ring (bicyclic) bond motifs is 1. The Labute approximate surface area is 166 Å². The molecular formula is C26H23NO. The van der Waals surface area contributed by atoms with Crippen molar-refractivity contribution >= 4 is 11.6 Å². The van der Waals surface area contributed by atoms with E-state index in [4.69, 9.17) is 0 Å². The molecule has 0 aromatic heterocycles. The Kier molecular flexibility index (Phi) is 4.70. The number of hydrogen-bond acceptors (Lipinski definition) is 1. The molecule has 0 spiro atoms. The third kappa shape index (κ3) is 2.53. The zero-order chi connectivity index (χ0) is 19.6. The van der Waals surface area contributed by atoms with Gasteiger partial charge in [-0.3, -0.25) is 9.69 Å². The zero-order valence-electron chi connectivity index (χ0n) is 16.2. The van der Waals surface area contributed by atoms with Crippen LogP contribution >= 0.6 is 0 Å². The molecule has 4 rings (SSSR count). The maximum Gasteiger partial charge on any atom is 0.260 e. The summed E-state index contributed by atoms with van der Waals surface area (Å²) in [7, 11) is 0. The molecule has 28 heavy (non-hydrogen) atoms. The molecule has 1 atom stereocenters. The summed E-state index contributed by atoms with van der Waals surface area (Å²) in [5, 5.41) is 0. The van der Waals surface area contributed by atoms with Crippen LogP contribution in [0.5, 0.6) is 0 Å². The average Bonchev–Trinajstić information content (AvgIpc) is 3.03. The van der Waals surface area contributed by atoms with Crippen LogP contribution in [-0.4, -0.2) is 5.91 Å². The molecular weight excluding hydrogens is 342 g/mol. The Hall–Kier alpha value is -3.39. The van der Waals surface area contributed by atoms with E-state index in [0.717, 1.165) is 28.0 Å². The highest BCUT2D eigenvalue weighted by Crippen LogP contribution is 2.51. The number of amides is 1. The van der Waals surface area contributed by atoms with Crippen LogP contribution in [0.1, 0.15) is 35.3 Å². The molecule has 1 aliphatic rings. The molecule has 3 aromatic rings. The lowest BCUT2D eigenvalue weighted by molar-refractivity contribution is 0.0986. The van der Waals surface area contributed by atoms with Gasteiger partial charge in [-0.1, -0.05) is 85.0 Å². The molecule has 3 aromatic carbocycles. The van der Waals surface area contributed by atoms with Crippen LogP contribution in [0.2, 0.25) is 0 Å². The lowest BCUT2D eigenvalue weighted by Gasteiger charge is -2.41. The minimum absolute atomic E-state index is 0.0227. The predicted octanol–water partition coefficient (Wildman–Crippen LogP) is 6.11. The van der Waals surface area contributed by atoms with Crippen molar-refractivity contribution in [1.82, 2.24) is 0 Å². The third-order valence-corrected chi connectivity index (χ3v) is 5.37. The van der Waals surface area contributed by atoms with E-state index < -0.39 is 5.54 Å². The van der Waals surface area contributed by atoms with Crippen LogP contribution in [0.25, 0.3) is 0 Å². The van der Waals surface area contributed by atoms with Gasteiger partial charge in [-0.15, -0.1) is 0 Å². The van der Waals surface area contributed by atoms with E-state index in [-0.39, 0.29) is 5.91 Å². The molecule has 1 heterocycles. The van der Waals surface area contributed by atoms with Crippen molar-refractivity contribution in [3.8, 4) is 0 Å². The van der Waals surface area contributed by atoms with E-state index in [1.165, 1.54) is 0 Å². The van der Waals surface area contributed by atoms with Gasteiger partial charge in [-0.2, -0.15) is 0 Å². The molecule has 0 N–H and O–H groups in total. The largest absolute Gasteiger partial charge is 0.290 e. The van der Waals surface area contributed by atoms with Gasteiger partial charge in [0.2, 0.25) is 0 Å². The maximum absolute atomic E-state index is 13.7. The summed E-state index contributed by atoms with van der Waals surface area (Å²) in [6.07, 6.45) is 6.26. The van der Waals surface area contributed by atoms with E-state index in [9.17, 15) is 4.79 Å². The second kappa shape index (κ2) is 7.32. The molecule has 0 bridgehead atoms. The molecule has 138 valence electrons. The summed E-state index contributed by atoms with van der Waals surface area (Å²) < 4.78 is 0. The smallest absolute Gasteiger partial charge is 0.260 e. The molecule has 0 radical (unpaired) electrons. The Morgan fingerprint density at radius 1 is 0.821 bits per heavy atom. The number of hydrogen-bond donors (Lipinski definition) is 0. The third-order valence-electron chi connectivity index (χ3n) is 5.37. The van der Waals surface area contributed by atoms with Gasteiger partial charge in [-0.05, 0) is 48.7 Å². The van der Waals surface area contributed by atoms with Gasteiger partial charge in [-0.25, -0.2) is 0 Å². The van der Waals surface area contributed by atoms with E-state index in [1.54, 1.807) is 0 Å². The first kappa shape index (κ1) is 18.0. The lowest BCUT2D eigenvalue weighted by atomic mass is 9.76. The summed E-state index contributed by atoms with van der Waals surface area (Å²) in [5.74, 6) is 0.0227. The second-order valence-electron chi connectivity index (χ2n) is 6.84. The monoisotopic (exact) mass is 365 g/mol. The standard InChI is InChI=1S/C26H23NO/c1-3-13-20(4-2)26(21-14-7-5-8-15-21)24-19-12-11-18-23(24)25(28)27(26)22-16-9-6-10-17-22/h3-19H,1-2H3/b13-3-,20-4+. The topological polar surface area (TPSA) is 20.3 Å².